The number of hydrogen-bond acceptors (Lipinski definition) is 10. The van der Waals surface area contributed by atoms with Crippen LogP contribution in [0.4, 0.5) is 10.2 Å². The molecule has 2 aromatic heterocycles. The smallest absolute Gasteiger partial charge is 0.293 e. The van der Waals surface area contributed by atoms with Crippen LogP contribution in [-0.4, -0.2) is 56.4 Å². The van der Waals surface area contributed by atoms with E-state index in [9.17, 15) is 9.18 Å². The van der Waals surface area contributed by atoms with Gasteiger partial charge in [0.25, 0.3) is 5.91 Å². The van der Waals surface area contributed by atoms with Gasteiger partial charge in [-0.3, -0.25) is 4.79 Å². The molecule has 0 aliphatic carbocycles. The van der Waals surface area contributed by atoms with E-state index in [1.165, 1.54) is 23.0 Å². The molecule has 0 fully saturated rings. The number of nitrogens with one attached hydrogen (secondary N) is 1. The van der Waals surface area contributed by atoms with Crippen LogP contribution < -0.4 is 15.9 Å². The lowest BCUT2D eigenvalue weighted by atomic mass is 10.2. The van der Waals surface area contributed by atoms with Gasteiger partial charge in [-0.1, -0.05) is 29.5 Å². The lowest BCUT2D eigenvalue weighted by molar-refractivity contribution is 0.0948. The summed E-state index contributed by atoms with van der Waals surface area (Å²) in [5.41, 5.74) is 10.1. The number of carbonyl (C=O) groups excluding carboxylic acids is 1. The van der Waals surface area contributed by atoms with Crippen molar-refractivity contribution in [3.8, 4) is 11.6 Å². The van der Waals surface area contributed by atoms with E-state index in [0.29, 0.717) is 23.6 Å². The second kappa shape index (κ2) is 10.5. The number of ether oxygens (including phenoxy) is 1. The molecule has 1 amide bonds. The average Bonchev–Trinajstić information content (AvgIpc) is 3.44. The highest BCUT2D eigenvalue weighted by Crippen LogP contribution is 2.19. The number of rotatable bonds is 9. The molecular weight excluding hydrogens is 457 g/mol. The number of carbonyl (C=O) groups is 1. The zero-order valence-electron chi connectivity index (χ0n) is 18.9. The van der Waals surface area contributed by atoms with Crippen LogP contribution in [0.15, 0.2) is 58.3 Å². The fraction of sp³-hybridized carbons (Fsp3) is 0.182. The molecule has 2 aromatic carbocycles. The van der Waals surface area contributed by atoms with Gasteiger partial charge in [-0.05, 0) is 54.2 Å². The first kappa shape index (κ1) is 23.5. The minimum Gasteiger partial charge on any atom is -0.488 e. The molecule has 0 aliphatic rings. The summed E-state index contributed by atoms with van der Waals surface area (Å²) in [6.07, 6.45) is 1.45. The third-order valence-corrected chi connectivity index (χ3v) is 4.74. The van der Waals surface area contributed by atoms with Crippen LogP contribution in [0.25, 0.3) is 5.82 Å². The first-order chi connectivity index (χ1) is 16.9. The van der Waals surface area contributed by atoms with Crippen LogP contribution >= 0.6 is 0 Å². The summed E-state index contributed by atoms with van der Waals surface area (Å²) >= 11 is 0. The minimum absolute atomic E-state index is 0.0112. The van der Waals surface area contributed by atoms with E-state index < -0.39 is 5.91 Å². The van der Waals surface area contributed by atoms with Gasteiger partial charge in [-0.15, -0.1) is 5.10 Å². The molecule has 0 aliphatic heterocycles. The van der Waals surface area contributed by atoms with Gasteiger partial charge in [-0.2, -0.15) is 9.78 Å². The number of nitrogens with two attached hydrogens (primary N) is 1. The van der Waals surface area contributed by atoms with Gasteiger partial charge < -0.3 is 15.4 Å². The molecule has 0 saturated carbocycles. The van der Waals surface area contributed by atoms with Crippen molar-refractivity contribution in [1.82, 2.24) is 35.6 Å². The summed E-state index contributed by atoms with van der Waals surface area (Å²) in [7, 11) is 3.65. The molecule has 180 valence electrons. The highest BCUT2D eigenvalue weighted by Gasteiger charge is 2.24. The molecular formula is C22H22FN9O3. The predicted molar refractivity (Wildman–Crippen MR) is 123 cm³/mol. The lowest BCUT2D eigenvalue weighted by Crippen LogP contribution is -2.23. The molecule has 0 bridgehead atoms. The quantitative estimate of drug-likeness (QED) is 0.270. The van der Waals surface area contributed by atoms with Crippen molar-refractivity contribution < 1.29 is 18.6 Å². The van der Waals surface area contributed by atoms with Crippen molar-refractivity contribution in [3.05, 3.63) is 76.9 Å². The van der Waals surface area contributed by atoms with Gasteiger partial charge >= 0.3 is 0 Å². The van der Waals surface area contributed by atoms with Crippen molar-refractivity contribution in [3.63, 3.8) is 0 Å². The average molecular weight is 479 g/mol. The third-order valence-electron chi connectivity index (χ3n) is 4.74. The molecule has 4 rings (SSSR count). The van der Waals surface area contributed by atoms with Crippen LogP contribution in [0.1, 0.15) is 27.3 Å². The monoisotopic (exact) mass is 479 g/mol. The van der Waals surface area contributed by atoms with Gasteiger partial charge in [0, 0.05) is 12.1 Å². The van der Waals surface area contributed by atoms with Crippen molar-refractivity contribution in [2.24, 2.45) is 5.10 Å². The first-order valence-electron chi connectivity index (χ1n) is 10.4. The predicted octanol–water partition coefficient (Wildman–Crippen LogP) is 1.78. The fourth-order valence-electron chi connectivity index (χ4n) is 3.10. The lowest BCUT2D eigenvalue weighted by Gasteiger charge is -2.11. The second-order valence-corrected chi connectivity index (χ2v) is 7.66. The number of benzene rings is 2. The molecule has 35 heavy (non-hydrogen) atoms. The summed E-state index contributed by atoms with van der Waals surface area (Å²) in [6.45, 7) is 0.556. The Balaban J connectivity index is 1.48. The minimum atomic E-state index is -0.580. The van der Waals surface area contributed by atoms with Gasteiger partial charge in [-0.25, -0.2) is 14.4 Å². The Bertz CT molecular complexity index is 1330. The summed E-state index contributed by atoms with van der Waals surface area (Å²) < 4.78 is 24.9. The maximum Gasteiger partial charge on any atom is 0.293 e. The van der Waals surface area contributed by atoms with E-state index in [1.54, 1.807) is 24.3 Å². The highest BCUT2D eigenvalue weighted by atomic mass is 19.1. The maximum atomic E-state index is 13.1. The van der Waals surface area contributed by atoms with Crippen molar-refractivity contribution >= 4 is 17.9 Å². The van der Waals surface area contributed by atoms with E-state index in [1.807, 2.05) is 31.1 Å². The van der Waals surface area contributed by atoms with E-state index in [4.69, 9.17) is 10.5 Å². The largest absolute Gasteiger partial charge is 0.488 e. The van der Waals surface area contributed by atoms with Gasteiger partial charge in [0.05, 0.1) is 11.9 Å². The Morgan fingerprint density at radius 1 is 1.23 bits per heavy atom. The molecule has 4 aromatic rings. The van der Waals surface area contributed by atoms with Crippen molar-refractivity contribution in [1.29, 1.82) is 0 Å². The number of hydrazone groups is 1. The molecule has 0 atom stereocenters. The number of aromatic nitrogens is 5. The normalized spacial score (nSPS) is 11.3. The van der Waals surface area contributed by atoms with Crippen molar-refractivity contribution in [2.75, 3.05) is 19.8 Å². The number of hydrogen-bond donors (Lipinski definition) is 2. The van der Waals surface area contributed by atoms with Gasteiger partial charge in [0.1, 0.15) is 18.2 Å². The number of nitrogen functional groups attached to an aromatic ring is 1. The molecule has 0 saturated heterocycles. The Morgan fingerprint density at radius 3 is 2.71 bits per heavy atom. The van der Waals surface area contributed by atoms with Crippen molar-refractivity contribution in [2.45, 2.75) is 13.2 Å². The molecule has 0 spiro atoms. The summed E-state index contributed by atoms with van der Waals surface area (Å²) in [6, 6.07) is 13.2. The molecule has 0 radical (unpaired) electrons. The third kappa shape index (κ3) is 5.65. The van der Waals surface area contributed by atoms with Crippen LogP contribution in [0.5, 0.6) is 5.75 Å². The molecule has 0 unspecified atom stereocenters. The van der Waals surface area contributed by atoms with Gasteiger partial charge in [0.15, 0.2) is 5.69 Å². The number of amides is 1. The highest BCUT2D eigenvalue weighted by molar-refractivity contribution is 5.94. The zero-order valence-corrected chi connectivity index (χ0v) is 18.9. The summed E-state index contributed by atoms with van der Waals surface area (Å²) in [5, 5.41) is 19.2. The summed E-state index contributed by atoms with van der Waals surface area (Å²) in [4.78, 5) is 14.6. The number of para-hydroxylation sites is 1. The maximum absolute atomic E-state index is 13.1. The Morgan fingerprint density at radius 2 is 2.00 bits per heavy atom. The van der Waals surface area contributed by atoms with E-state index in [0.717, 1.165) is 5.56 Å². The fourth-order valence-corrected chi connectivity index (χ4v) is 3.10. The molecule has 12 nitrogen and oxygen atoms in total. The molecule has 13 heteroatoms. The number of halogens is 1. The number of anilines is 1. The SMILES string of the molecule is CN(C)Cc1c(C(=O)NN=Cc2ccccc2OCc2ccc(F)cc2)nnn1-c1nonc1N. The Labute approximate surface area is 199 Å². The van der Waals surface area contributed by atoms with Crippen LogP contribution in [-0.2, 0) is 13.2 Å². The Kier molecular flexibility index (Phi) is 7.07. The van der Waals surface area contributed by atoms with E-state index in [-0.39, 0.29) is 29.8 Å². The second-order valence-electron chi connectivity index (χ2n) is 7.66. The molecule has 2 heterocycles. The van der Waals surface area contributed by atoms with Crippen LogP contribution in [0.2, 0.25) is 0 Å². The van der Waals surface area contributed by atoms with Crippen LogP contribution in [0, 0.1) is 5.82 Å². The molecule has 3 N–H and O–H groups in total. The van der Waals surface area contributed by atoms with Gasteiger partial charge in [0.2, 0.25) is 11.6 Å². The summed E-state index contributed by atoms with van der Waals surface area (Å²) in [5.74, 6) is -0.208. The topological polar surface area (TPSA) is 150 Å². The van der Waals surface area contributed by atoms with E-state index in [2.05, 4.69) is 35.8 Å². The van der Waals surface area contributed by atoms with E-state index >= 15 is 0 Å². The zero-order chi connectivity index (χ0) is 24.8. The Hall–Kier alpha value is -4.65. The number of nitrogens with zero attached hydrogens (tertiary/aromatic N) is 7. The first-order valence-corrected chi connectivity index (χ1v) is 10.4. The van der Waals surface area contributed by atoms with Crippen LogP contribution in [0.3, 0.4) is 0 Å². The standard InChI is InChI=1S/C22H22FN9O3/c1-31(2)12-17-19(26-30-32(17)21-20(24)28-35-29-21)22(33)27-25-11-15-5-3-4-6-18(15)34-13-14-7-9-16(23)10-8-14/h3-11H,12-13H2,1-2H3,(H2,24,28)(H,27,33).